The number of aromatic nitrogens is 2. The van der Waals surface area contributed by atoms with Gasteiger partial charge in [0.2, 0.25) is 0 Å². The Morgan fingerprint density at radius 2 is 1.73 bits per heavy atom. The normalized spacial score (nSPS) is 12.4. The standard InChI is InChI=1S/C19H25N3O4/c1-11(2)13(5)20-16(23)10-26-19(25)17-14-8-6-7-9-15(14)18(24)22(21-17)12(3)4/h6-9,11-13H,10H2,1-5H3,(H,20,23)/t13-/m0/s1. The van der Waals surface area contributed by atoms with Crippen molar-refractivity contribution in [1.29, 1.82) is 0 Å². The molecule has 0 aliphatic rings. The zero-order chi connectivity index (χ0) is 19.4. The van der Waals surface area contributed by atoms with Crippen molar-refractivity contribution >= 4 is 22.6 Å². The maximum absolute atomic E-state index is 12.5. The van der Waals surface area contributed by atoms with E-state index >= 15 is 0 Å². The Morgan fingerprint density at radius 1 is 1.12 bits per heavy atom. The molecule has 0 radical (unpaired) electrons. The van der Waals surface area contributed by atoms with E-state index in [1.165, 1.54) is 4.68 Å². The summed E-state index contributed by atoms with van der Waals surface area (Å²) in [6, 6.07) is 6.50. The molecule has 1 N–H and O–H groups in total. The summed E-state index contributed by atoms with van der Waals surface area (Å²) < 4.78 is 6.37. The van der Waals surface area contributed by atoms with Crippen molar-refractivity contribution in [3.05, 3.63) is 40.3 Å². The molecule has 1 amide bonds. The van der Waals surface area contributed by atoms with Crippen molar-refractivity contribution in [3.8, 4) is 0 Å². The molecule has 2 rings (SSSR count). The van der Waals surface area contributed by atoms with Gasteiger partial charge in [-0.25, -0.2) is 9.48 Å². The maximum atomic E-state index is 12.5. The van der Waals surface area contributed by atoms with Crippen LogP contribution >= 0.6 is 0 Å². The lowest BCUT2D eigenvalue weighted by Crippen LogP contribution is -2.38. The minimum absolute atomic E-state index is 0.0250. The van der Waals surface area contributed by atoms with E-state index in [0.717, 1.165) is 0 Å². The maximum Gasteiger partial charge on any atom is 0.359 e. The Labute approximate surface area is 152 Å². The van der Waals surface area contributed by atoms with E-state index in [1.54, 1.807) is 38.1 Å². The number of benzene rings is 1. The van der Waals surface area contributed by atoms with E-state index in [-0.39, 0.29) is 35.2 Å². The molecule has 7 nitrogen and oxygen atoms in total. The van der Waals surface area contributed by atoms with Crippen LogP contribution in [0, 0.1) is 5.92 Å². The van der Waals surface area contributed by atoms with Gasteiger partial charge in [0.1, 0.15) is 0 Å². The largest absolute Gasteiger partial charge is 0.451 e. The highest BCUT2D eigenvalue weighted by Gasteiger charge is 2.20. The highest BCUT2D eigenvalue weighted by Crippen LogP contribution is 2.15. The highest BCUT2D eigenvalue weighted by molar-refractivity contribution is 6.02. The number of rotatable bonds is 6. The third-order valence-corrected chi connectivity index (χ3v) is 4.23. The summed E-state index contributed by atoms with van der Waals surface area (Å²) in [5.74, 6) is -0.834. The van der Waals surface area contributed by atoms with E-state index in [1.807, 2.05) is 20.8 Å². The number of amides is 1. The molecule has 0 saturated carbocycles. The number of ether oxygens (including phenoxy) is 1. The van der Waals surface area contributed by atoms with Crippen LogP contribution in [0.5, 0.6) is 0 Å². The van der Waals surface area contributed by atoms with Crippen LogP contribution in [-0.4, -0.2) is 34.3 Å². The van der Waals surface area contributed by atoms with Gasteiger partial charge in [0.15, 0.2) is 12.3 Å². The van der Waals surface area contributed by atoms with Crippen molar-refractivity contribution in [3.63, 3.8) is 0 Å². The van der Waals surface area contributed by atoms with Crippen LogP contribution in [0.25, 0.3) is 10.8 Å². The molecule has 0 aliphatic heterocycles. The summed E-state index contributed by atoms with van der Waals surface area (Å²) in [6.07, 6.45) is 0. The molecule has 0 aliphatic carbocycles. The van der Waals surface area contributed by atoms with Gasteiger partial charge in [0.25, 0.3) is 11.5 Å². The first-order valence-electron chi connectivity index (χ1n) is 8.70. The van der Waals surface area contributed by atoms with Gasteiger partial charge in [-0.3, -0.25) is 9.59 Å². The third-order valence-electron chi connectivity index (χ3n) is 4.23. The molecule has 0 saturated heterocycles. The smallest absolute Gasteiger partial charge is 0.359 e. The fourth-order valence-electron chi connectivity index (χ4n) is 2.37. The van der Waals surface area contributed by atoms with Gasteiger partial charge in [-0.05, 0) is 32.8 Å². The van der Waals surface area contributed by atoms with E-state index in [2.05, 4.69) is 10.4 Å². The van der Waals surface area contributed by atoms with E-state index in [4.69, 9.17) is 4.74 Å². The van der Waals surface area contributed by atoms with Gasteiger partial charge in [-0.15, -0.1) is 0 Å². The first-order valence-corrected chi connectivity index (χ1v) is 8.70. The molecule has 0 fully saturated rings. The first-order chi connectivity index (χ1) is 12.2. The number of hydrogen-bond acceptors (Lipinski definition) is 5. The number of nitrogens with zero attached hydrogens (tertiary/aromatic N) is 2. The molecule has 1 aromatic carbocycles. The fourth-order valence-corrected chi connectivity index (χ4v) is 2.37. The van der Waals surface area contributed by atoms with Gasteiger partial charge >= 0.3 is 5.97 Å². The van der Waals surface area contributed by atoms with Crippen molar-refractivity contribution in [2.24, 2.45) is 5.92 Å². The molecule has 1 atom stereocenters. The SMILES string of the molecule is CC(C)[C@H](C)NC(=O)COC(=O)c1nn(C(C)C)c(=O)c2ccccc12. The van der Waals surface area contributed by atoms with Crippen molar-refractivity contribution < 1.29 is 14.3 Å². The number of nitrogens with one attached hydrogen (secondary N) is 1. The highest BCUT2D eigenvalue weighted by atomic mass is 16.5. The Morgan fingerprint density at radius 3 is 2.31 bits per heavy atom. The predicted molar refractivity (Wildman–Crippen MR) is 99.1 cm³/mol. The molecule has 7 heteroatoms. The second kappa shape index (κ2) is 8.12. The van der Waals surface area contributed by atoms with Gasteiger partial charge in [0.05, 0.1) is 11.4 Å². The second-order valence-corrected chi connectivity index (χ2v) is 6.91. The summed E-state index contributed by atoms with van der Waals surface area (Å²) >= 11 is 0. The van der Waals surface area contributed by atoms with E-state index < -0.39 is 12.6 Å². The minimum atomic E-state index is -0.733. The average Bonchev–Trinajstić information content (AvgIpc) is 2.59. The van der Waals surface area contributed by atoms with Crippen LogP contribution in [-0.2, 0) is 9.53 Å². The van der Waals surface area contributed by atoms with Crippen LogP contribution in [0.15, 0.2) is 29.1 Å². The monoisotopic (exact) mass is 359 g/mol. The Kier molecular flexibility index (Phi) is 6.13. The number of fused-ring (bicyclic) bond motifs is 1. The van der Waals surface area contributed by atoms with Crippen molar-refractivity contribution in [2.45, 2.75) is 46.7 Å². The van der Waals surface area contributed by atoms with Crippen LogP contribution in [0.1, 0.15) is 51.1 Å². The first kappa shape index (κ1) is 19.6. The molecule has 0 spiro atoms. The van der Waals surface area contributed by atoms with Gasteiger partial charge < -0.3 is 10.1 Å². The Hall–Kier alpha value is -2.70. The van der Waals surface area contributed by atoms with Gasteiger partial charge in [0, 0.05) is 11.4 Å². The van der Waals surface area contributed by atoms with E-state index in [9.17, 15) is 14.4 Å². The summed E-state index contributed by atoms with van der Waals surface area (Å²) in [7, 11) is 0. The molecule has 1 heterocycles. The van der Waals surface area contributed by atoms with Crippen molar-refractivity contribution in [1.82, 2.24) is 15.1 Å². The molecule has 2 aromatic rings. The molecule has 1 aromatic heterocycles. The molecule has 26 heavy (non-hydrogen) atoms. The van der Waals surface area contributed by atoms with Crippen LogP contribution in [0.4, 0.5) is 0 Å². The van der Waals surface area contributed by atoms with Gasteiger partial charge in [-0.1, -0.05) is 32.0 Å². The summed E-state index contributed by atoms with van der Waals surface area (Å²) in [6.45, 7) is 9.08. The molecule has 0 bridgehead atoms. The number of esters is 1. The molecule has 0 unspecified atom stereocenters. The molecular formula is C19H25N3O4. The van der Waals surface area contributed by atoms with E-state index in [0.29, 0.717) is 10.8 Å². The Balaban J connectivity index is 2.26. The van der Waals surface area contributed by atoms with Gasteiger partial charge in [-0.2, -0.15) is 5.10 Å². The zero-order valence-corrected chi connectivity index (χ0v) is 15.8. The quantitative estimate of drug-likeness (QED) is 0.799. The lowest BCUT2D eigenvalue weighted by atomic mass is 10.1. The summed E-state index contributed by atoms with van der Waals surface area (Å²) in [4.78, 5) is 36.9. The lowest BCUT2D eigenvalue weighted by Gasteiger charge is -2.17. The van der Waals surface area contributed by atoms with Crippen LogP contribution in [0.2, 0.25) is 0 Å². The molecule has 140 valence electrons. The predicted octanol–water partition coefficient (Wildman–Crippen LogP) is 2.29. The summed E-state index contributed by atoms with van der Waals surface area (Å²) in [5.41, 5.74) is -0.241. The van der Waals surface area contributed by atoms with Crippen LogP contribution in [0.3, 0.4) is 0 Å². The average molecular weight is 359 g/mol. The topological polar surface area (TPSA) is 90.3 Å². The Bertz CT molecular complexity index is 871. The minimum Gasteiger partial charge on any atom is -0.451 e. The lowest BCUT2D eigenvalue weighted by molar-refractivity contribution is -0.125. The van der Waals surface area contributed by atoms with Crippen molar-refractivity contribution in [2.75, 3.05) is 6.61 Å². The third kappa shape index (κ3) is 4.28. The molecular weight excluding hydrogens is 334 g/mol. The fraction of sp³-hybridized carbons (Fsp3) is 0.474. The summed E-state index contributed by atoms with van der Waals surface area (Å²) in [5, 5.41) is 7.74. The zero-order valence-electron chi connectivity index (χ0n) is 15.8. The number of hydrogen-bond donors (Lipinski definition) is 1. The van der Waals surface area contributed by atoms with Crippen LogP contribution < -0.4 is 10.9 Å². The number of carbonyl (C=O) groups excluding carboxylic acids is 2. The second-order valence-electron chi connectivity index (χ2n) is 6.91. The number of carbonyl (C=O) groups is 2.